The zero-order chi connectivity index (χ0) is 20.1. The van der Waals surface area contributed by atoms with Crippen molar-refractivity contribution in [2.24, 2.45) is 0 Å². The van der Waals surface area contributed by atoms with Crippen molar-refractivity contribution in [1.82, 2.24) is 14.9 Å². The lowest BCUT2D eigenvalue weighted by atomic mass is 10.0. The van der Waals surface area contributed by atoms with E-state index in [2.05, 4.69) is 10.0 Å². The molecule has 0 aliphatic carbocycles. The van der Waals surface area contributed by atoms with E-state index < -0.39 is 10.0 Å². The molecule has 1 aromatic heterocycles. The fourth-order valence-corrected chi connectivity index (χ4v) is 4.99. The van der Waals surface area contributed by atoms with Gasteiger partial charge in [0.15, 0.2) is 0 Å². The van der Waals surface area contributed by atoms with E-state index in [1.165, 1.54) is 23.5 Å². The van der Waals surface area contributed by atoms with Crippen molar-refractivity contribution in [1.29, 1.82) is 0 Å². The lowest BCUT2D eigenvalue weighted by Crippen LogP contribution is -2.47. The van der Waals surface area contributed by atoms with E-state index in [4.69, 9.17) is 0 Å². The largest absolute Gasteiger partial charge is 0.343 e. The molecule has 3 rings (SSSR count). The Hall–Kier alpha value is -1.81. The lowest BCUT2D eigenvalue weighted by molar-refractivity contribution is -0.123. The number of amides is 1. The first kappa shape index (κ1) is 20.9. The van der Waals surface area contributed by atoms with E-state index in [1.807, 2.05) is 22.4 Å². The Balaban J connectivity index is 1.58. The highest BCUT2D eigenvalue weighted by atomic mass is 32.2. The van der Waals surface area contributed by atoms with Crippen LogP contribution in [0.25, 0.3) is 0 Å². The van der Waals surface area contributed by atoms with Gasteiger partial charge < -0.3 is 5.32 Å². The van der Waals surface area contributed by atoms with Crippen molar-refractivity contribution in [2.45, 2.75) is 24.9 Å². The Morgan fingerprint density at radius 3 is 2.50 bits per heavy atom. The third kappa shape index (κ3) is 6.10. The minimum absolute atomic E-state index is 0.0765. The maximum atomic E-state index is 13.3. The predicted molar refractivity (Wildman–Crippen MR) is 108 cm³/mol. The maximum absolute atomic E-state index is 13.3. The fraction of sp³-hybridized carbons (Fsp3) is 0.421. The van der Waals surface area contributed by atoms with Gasteiger partial charge in [0.25, 0.3) is 0 Å². The number of nitrogens with zero attached hydrogens (tertiary/aromatic N) is 1. The molecule has 0 saturated carbocycles. The molecule has 1 amide bonds. The SMILES string of the molecule is CS(=O)(=O)NC1CCN(CC(=O)NC(c2ccc(F)cc2)c2cccs2)CC1. The van der Waals surface area contributed by atoms with Crippen molar-refractivity contribution in [2.75, 3.05) is 25.9 Å². The summed E-state index contributed by atoms with van der Waals surface area (Å²) >= 11 is 1.54. The van der Waals surface area contributed by atoms with Crippen molar-refractivity contribution in [3.8, 4) is 0 Å². The van der Waals surface area contributed by atoms with Crippen LogP contribution in [-0.2, 0) is 14.8 Å². The lowest BCUT2D eigenvalue weighted by Gasteiger charge is -2.31. The molecule has 0 radical (unpaired) electrons. The Morgan fingerprint density at radius 1 is 1.25 bits per heavy atom. The number of halogens is 1. The first-order valence-corrected chi connectivity index (χ1v) is 11.8. The molecule has 1 aliphatic heterocycles. The number of hydrogen-bond acceptors (Lipinski definition) is 5. The van der Waals surface area contributed by atoms with Crippen LogP contribution in [0.1, 0.15) is 29.3 Å². The number of likely N-dealkylation sites (tertiary alicyclic amines) is 1. The molecule has 28 heavy (non-hydrogen) atoms. The zero-order valence-electron chi connectivity index (χ0n) is 15.6. The van der Waals surface area contributed by atoms with Gasteiger partial charge in [-0.15, -0.1) is 11.3 Å². The van der Waals surface area contributed by atoms with Gasteiger partial charge in [-0.05, 0) is 42.0 Å². The van der Waals surface area contributed by atoms with E-state index in [1.54, 1.807) is 12.1 Å². The first-order chi connectivity index (χ1) is 13.3. The van der Waals surface area contributed by atoms with Crippen molar-refractivity contribution < 1.29 is 17.6 Å². The van der Waals surface area contributed by atoms with Crippen LogP contribution in [0.15, 0.2) is 41.8 Å². The Bertz CT molecular complexity index is 878. The molecule has 0 spiro atoms. The van der Waals surface area contributed by atoms with Gasteiger partial charge in [0.2, 0.25) is 15.9 Å². The average Bonchev–Trinajstić information content (AvgIpc) is 3.15. The number of sulfonamides is 1. The molecule has 2 heterocycles. The molecule has 1 fully saturated rings. The number of benzene rings is 1. The Labute approximate surface area is 168 Å². The third-order valence-corrected chi connectivity index (χ3v) is 6.37. The highest BCUT2D eigenvalue weighted by Gasteiger charge is 2.24. The summed E-state index contributed by atoms with van der Waals surface area (Å²) in [5.41, 5.74) is 0.827. The molecule has 1 aromatic carbocycles. The molecule has 1 aliphatic rings. The number of rotatable bonds is 7. The number of piperidine rings is 1. The van der Waals surface area contributed by atoms with Crippen LogP contribution in [-0.4, -0.2) is 51.2 Å². The molecule has 152 valence electrons. The monoisotopic (exact) mass is 425 g/mol. The Morgan fingerprint density at radius 2 is 1.93 bits per heavy atom. The maximum Gasteiger partial charge on any atom is 0.234 e. The molecule has 6 nitrogen and oxygen atoms in total. The summed E-state index contributed by atoms with van der Waals surface area (Å²) in [7, 11) is -3.21. The summed E-state index contributed by atoms with van der Waals surface area (Å²) in [6.07, 6.45) is 2.51. The Kier molecular flexibility index (Phi) is 6.82. The predicted octanol–water partition coefficient (Wildman–Crippen LogP) is 2.11. The van der Waals surface area contributed by atoms with Gasteiger partial charge >= 0.3 is 0 Å². The summed E-state index contributed by atoms with van der Waals surface area (Å²) in [5, 5.41) is 4.99. The summed E-state index contributed by atoms with van der Waals surface area (Å²) in [6, 6.07) is 9.61. The normalized spacial score (nSPS) is 17.4. The molecule has 1 saturated heterocycles. The van der Waals surface area contributed by atoms with E-state index in [0.29, 0.717) is 25.9 Å². The van der Waals surface area contributed by atoms with Gasteiger partial charge in [0.05, 0.1) is 18.8 Å². The van der Waals surface area contributed by atoms with Gasteiger partial charge in [-0.25, -0.2) is 17.5 Å². The number of thiophene rings is 1. The van der Waals surface area contributed by atoms with Gasteiger partial charge in [-0.3, -0.25) is 9.69 Å². The number of nitrogens with one attached hydrogen (secondary N) is 2. The minimum atomic E-state index is -3.21. The van der Waals surface area contributed by atoms with Crippen LogP contribution in [0.5, 0.6) is 0 Å². The van der Waals surface area contributed by atoms with Crippen molar-refractivity contribution >= 4 is 27.3 Å². The molecule has 2 N–H and O–H groups in total. The highest BCUT2D eigenvalue weighted by Crippen LogP contribution is 2.26. The van der Waals surface area contributed by atoms with Gasteiger partial charge in [-0.1, -0.05) is 18.2 Å². The zero-order valence-corrected chi connectivity index (χ0v) is 17.2. The van der Waals surface area contributed by atoms with E-state index in [0.717, 1.165) is 16.7 Å². The van der Waals surface area contributed by atoms with Crippen molar-refractivity contribution in [3.05, 3.63) is 58.0 Å². The molecule has 9 heteroatoms. The summed E-state index contributed by atoms with van der Waals surface area (Å²) in [6.45, 7) is 1.55. The quantitative estimate of drug-likeness (QED) is 0.712. The van der Waals surface area contributed by atoms with E-state index >= 15 is 0 Å². The second-order valence-corrected chi connectivity index (χ2v) is 9.77. The van der Waals surface area contributed by atoms with Crippen LogP contribution in [0.4, 0.5) is 4.39 Å². The standard InChI is InChI=1S/C19H24FN3O3S2/c1-28(25,26)22-16-8-10-23(11-9-16)13-18(24)21-19(17-3-2-12-27-17)14-4-6-15(20)7-5-14/h2-7,12,16,19,22H,8-11,13H2,1H3,(H,21,24). The second-order valence-electron chi connectivity index (χ2n) is 7.01. The second kappa shape index (κ2) is 9.13. The number of carbonyl (C=O) groups is 1. The van der Waals surface area contributed by atoms with E-state index in [9.17, 15) is 17.6 Å². The minimum Gasteiger partial charge on any atom is -0.343 e. The molecular weight excluding hydrogens is 401 g/mol. The molecular formula is C19H24FN3O3S2. The first-order valence-electron chi connectivity index (χ1n) is 9.08. The highest BCUT2D eigenvalue weighted by molar-refractivity contribution is 7.88. The molecule has 2 aromatic rings. The summed E-state index contributed by atoms with van der Waals surface area (Å²) in [4.78, 5) is 15.6. The van der Waals surface area contributed by atoms with Crippen LogP contribution in [0, 0.1) is 5.82 Å². The van der Waals surface area contributed by atoms with Gasteiger partial charge in [0, 0.05) is 24.0 Å². The van der Waals surface area contributed by atoms with Crippen LogP contribution >= 0.6 is 11.3 Å². The average molecular weight is 426 g/mol. The molecule has 0 bridgehead atoms. The summed E-state index contributed by atoms with van der Waals surface area (Å²) < 4.78 is 38.6. The molecule has 1 unspecified atom stereocenters. The van der Waals surface area contributed by atoms with Gasteiger partial charge in [0.1, 0.15) is 5.82 Å². The number of carbonyl (C=O) groups excluding carboxylic acids is 1. The topological polar surface area (TPSA) is 78.5 Å². The molecule has 1 atom stereocenters. The smallest absolute Gasteiger partial charge is 0.234 e. The third-order valence-electron chi connectivity index (χ3n) is 4.67. The van der Waals surface area contributed by atoms with Crippen LogP contribution in [0.3, 0.4) is 0 Å². The van der Waals surface area contributed by atoms with Crippen molar-refractivity contribution in [3.63, 3.8) is 0 Å². The van der Waals surface area contributed by atoms with Gasteiger partial charge in [-0.2, -0.15) is 0 Å². The number of hydrogen-bond donors (Lipinski definition) is 2. The van der Waals surface area contributed by atoms with Crippen LogP contribution in [0.2, 0.25) is 0 Å². The van der Waals surface area contributed by atoms with E-state index in [-0.39, 0.29) is 30.4 Å². The van der Waals surface area contributed by atoms with Crippen LogP contribution < -0.4 is 10.0 Å². The summed E-state index contributed by atoms with van der Waals surface area (Å²) in [5.74, 6) is -0.428. The fourth-order valence-electron chi connectivity index (χ4n) is 3.35.